The molecule has 0 heterocycles. The predicted octanol–water partition coefficient (Wildman–Crippen LogP) is 6.50. The zero-order valence-electron chi connectivity index (χ0n) is 23.5. The molecule has 11 heteroatoms. The molecular formula is C31H34Cl2FN3O4S. The summed E-state index contributed by atoms with van der Waals surface area (Å²) < 4.78 is 42.3. The van der Waals surface area contributed by atoms with Gasteiger partial charge in [0, 0.05) is 22.6 Å². The Morgan fingerprint density at radius 2 is 1.64 bits per heavy atom. The SMILES string of the molecule is CC[C@@H](C(=O)NC1CCCC1)N(Cc1ccc(Cl)cc1Cl)C(=O)CN(c1ccc(C)cc1)S(=O)(=O)c1ccc(F)cc1. The summed E-state index contributed by atoms with van der Waals surface area (Å²) in [6, 6.07) is 15.1. The molecule has 1 N–H and O–H groups in total. The van der Waals surface area contributed by atoms with Crippen molar-refractivity contribution in [3.63, 3.8) is 0 Å². The molecule has 7 nitrogen and oxygen atoms in total. The van der Waals surface area contributed by atoms with Gasteiger partial charge in [0.25, 0.3) is 10.0 Å². The highest BCUT2D eigenvalue weighted by Gasteiger charge is 2.35. The Hall–Kier alpha value is -3.14. The van der Waals surface area contributed by atoms with Gasteiger partial charge < -0.3 is 10.2 Å². The van der Waals surface area contributed by atoms with E-state index in [0.717, 1.165) is 59.8 Å². The van der Waals surface area contributed by atoms with E-state index >= 15 is 0 Å². The summed E-state index contributed by atoms with van der Waals surface area (Å²) in [5.74, 6) is -1.48. The largest absolute Gasteiger partial charge is 0.352 e. The molecule has 0 aliphatic heterocycles. The molecule has 1 aliphatic carbocycles. The van der Waals surface area contributed by atoms with E-state index in [4.69, 9.17) is 23.2 Å². The van der Waals surface area contributed by atoms with Gasteiger partial charge >= 0.3 is 0 Å². The Kier molecular flexibility index (Phi) is 10.5. The first-order chi connectivity index (χ1) is 20.0. The highest BCUT2D eigenvalue weighted by atomic mass is 35.5. The molecule has 4 rings (SSSR count). The second-order valence-electron chi connectivity index (χ2n) is 10.5. The summed E-state index contributed by atoms with van der Waals surface area (Å²) in [4.78, 5) is 28.9. The summed E-state index contributed by atoms with van der Waals surface area (Å²) in [6.45, 7) is 3.03. The molecule has 42 heavy (non-hydrogen) atoms. The number of carbonyl (C=O) groups excluding carboxylic acids is 2. The minimum atomic E-state index is -4.30. The van der Waals surface area contributed by atoms with Crippen LogP contribution >= 0.6 is 23.2 Å². The van der Waals surface area contributed by atoms with Gasteiger partial charge in [0.15, 0.2) is 0 Å². The molecule has 1 atom stereocenters. The first kappa shape index (κ1) is 31.8. The minimum Gasteiger partial charge on any atom is -0.352 e. The summed E-state index contributed by atoms with van der Waals surface area (Å²) in [5, 5.41) is 3.81. The van der Waals surface area contributed by atoms with Crippen LogP contribution in [0.3, 0.4) is 0 Å². The Balaban J connectivity index is 1.73. The van der Waals surface area contributed by atoms with Crippen LogP contribution in [0.25, 0.3) is 0 Å². The quantitative estimate of drug-likeness (QED) is 0.261. The number of halogens is 3. The molecule has 0 bridgehead atoms. The molecule has 1 aliphatic rings. The van der Waals surface area contributed by atoms with Crippen molar-refractivity contribution in [3.8, 4) is 0 Å². The Morgan fingerprint density at radius 1 is 1.00 bits per heavy atom. The molecule has 2 amide bonds. The van der Waals surface area contributed by atoms with E-state index in [0.29, 0.717) is 22.0 Å². The fourth-order valence-electron chi connectivity index (χ4n) is 5.09. The molecule has 1 saturated carbocycles. The Labute approximate surface area is 256 Å². The zero-order valence-corrected chi connectivity index (χ0v) is 25.9. The van der Waals surface area contributed by atoms with Gasteiger partial charge in [0.1, 0.15) is 18.4 Å². The average Bonchev–Trinajstić information content (AvgIpc) is 3.46. The van der Waals surface area contributed by atoms with Crippen LogP contribution in [0.4, 0.5) is 10.1 Å². The lowest BCUT2D eigenvalue weighted by atomic mass is 10.1. The van der Waals surface area contributed by atoms with Crippen LogP contribution in [-0.2, 0) is 26.2 Å². The van der Waals surface area contributed by atoms with Crippen molar-refractivity contribution in [2.45, 2.75) is 69.5 Å². The number of anilines is 1. The highest BCUT2D eigenvalue weighted by molar-refractivity contribution is 7.92. The van der Waals surface area contributed by atoms with Crippen LogP contribution in [0.15, 0.2) is 71.6 Å². The number of amides is 2. The number of aryl methyl sites for hydroxylation is 1. The van der Waals surface area contributed by atoms with Crippen LogP contribution in [0.5, 0.6) is 0 Å². The summed E-state index contributed by atoms with van der Waals surface area (Å²) in [5.41, 5.74) is 1.72. The molecule has 0 aromatic heterocycles. The Morgan fingerprint density at radius 3 is 2.24 bits per heavy atom. The molecule has 3 aromatic rings. The molecule has 0 spiro atoms. The van der Waals surface area contributed by atoms with Crippen molar-refractivity contribution in [3.05, 3.63) is 93.7 Å². The molecule has 1 fully saturated rings. The van der Waals surface area contributed by atoms with Crippen LogP contribution in [0.1, 0.15) is 50.2 Å². The highest BCUT2D eigenvalue weighted by Crippen LogP contribution is 2.27. The second kappa shape index (κ2) is 13.9. The lowest BCUT2D eigenvalue weighted by Crippen LogP contribution is -2.53. The molecule has 224 valence electrons. The number of sulfonamides is 1. The maximum atomic E-state index is 14.2. The Bertz CT molecular complexity index is 1510. The number of benzene rings is 3. The normalized spacial score (nSPS) is 14.4. The molecule has 0 unspecified atom stereocenters. The van der Waals surface area contributed by atoms with Crippen molar-refractivity contribution in [1.29, 1.82) is 0 Å². The maximum absolute atomic E-state index is 14.2. The number of nitrogens with zero attached hydrogens (tertiary/aromatic N) is 2. The van der Waals surface area contributed by atoms with Crippen LogP contribution in [0, 0.1) is 12.7 Å². The zero-order chi connectivity index (χ0) is 30.4. The van der Waals surface area contributed by atoms with E-state index in [2.05, 4.69) is 5.32 Å². The van der Waals surface area contributed by atoms with Gasteiger partial charge in [-0.1, -0.05) is 66.7 Å². The predicted molar refractivity (Wildman–Crippen MR) is 164 cm³/mol. The topological polar surface area (TPSA) is 86.8 Å². The standard InChI is InChI=1S/C31H34Cl2FN3O4S/c1-3-29(31(39)35-25-6-4-5-7-25)36(19-22-10-11-23(32)18-28(22)33)30(38)20-37(26-14-8-21(2)9-15-26)42(40,41)27-16-12-24(34)13-17-27/h8-18,25,29H,3-7,19-20H2,1-2H3,(H,35,39)/t29-/m0/s1. The third-order valence-corrected chi connectivity index (χ3v) is 9.82. The van der Waals surface area contributed by atoms with Gasteiger partial charge in [0.2, 0.25) is 11.8 Å². The maximum Gasteiger partial charge on any atom is 0.264 e. The van der Waals surface area contributed by atoms with Crippen molar-refractivity contribution in [1.82, 2.24) is 10.2 Å². The fourth-order valence-corrected chi connectivity index (χ4v) is 6.98. The number of nitrogens with one attached hydrogen (secondary N) is 1. The van der Waals surface area contributed by atoms with Crippen molar-refractivity contribution < 1.29 is 22.4 Å². The smallest absolute Gasteiger partial charge is 0.264 e. The van der Waals surface area contributed by atoms with Gasteiger partial charge in [-0.25, -0.2) is 12.8 Å². The number of hydrogen-bond donors (Lipinski definition) is 1. The third kappa shape index (κ3) is 7.62. The van der Waals surface area contributed by atoms with E-state index in [1.165, 1.54) is 4.90 Å². The van der Waals surface area contributed by atoms with Crippen molar-refractivity contribution in [2.75, 3.05) is 10.8 Å². The van der Waals surface area contributed by atoms with Crippen molar-refractivity contribution in [2.24, 2.45) is 0 Å². The van der Waals surface area contributed by atoms with Gasteiger partial charge in [-0.2, -0.15) is 0 Å². The minimum absolute atomic E-state index is 0.0329. The second-order valence-corrected chi connectivity index (χ2v) is 13.2. The van der Waals surface area contributed by atoms with Gasteiger partial charge in [-0.3, -0.25) is 13.9 Å². The van der Waals surface area contributed by atoms with Gasteiger partial charge in [-0.15, -0.1) is 0 Å². The van der Waals surface area contributed by atoms with E-state index in [9.17, 15) is 22.4 Å². The third-order valence-electron chi connectivity index (χ3n) is 7.45. The fraction of sp³-hybridized carbons (Fsp3) is 0.355. The van der Waals surface area contributed by atoms with Crippen LogP contribution in [-0.4, -0.2) is 43.8 Å². The van der Waals surface area contributed by atoms with Gasteiger partial charge in [0.05, 0.1) is 10.6 Å². The number of hydrogen-bond acceptors (Lipinski definition) is 4. The van der Waals surface area contributed by atoms with Gasteiger partial charge in [-0.05, 0) is 80.3 Å². The monoisotopic (exact) mass is 633 g/mol. The first-order valence-electron chi connectivity index (χ1n) is 13.9. The van der Waals surface area contributed by atoms with E-state index in [1.54, 1.807) is 49.4 Å². The van der Waals surface area contributed by atoms with Crippen LogP contribution < -0.4 is 9.62 Å². The molecular weight excluding hydrogens is 600 g/mol. The summed E-state index contributed by atoms with van der Waals surface area (Å²) in [6.07, 6.45) is 4.09. The van der Waals surface area contributed by atoms with E-state index in [1.807, 2.05) is 6.92 Å². The van der Waals surface area contributed by atoms with Crippen LogP contribution in [0.2, 0.25) is 10.0 Å². The average molecular weight is 635 g/mol. The lowest BCUT2D eigenvalue weighted by molar-refractivity contribution is -0.140. The molecule has 0 saturated heterocycles. The number of carbonyl (C=O) groups is 2. The number of rotatable bonds is 11. The first-order valence-corrected chi connectivity index (χ1v) is 16.1. The molecule has 0 radical (unpaired) electrons. The molecule has 3 aromatic carbocycles. The van der Waals surface area contributed by atoms with Crippen molar-refractivity contribution >= 4 is 50.7 Å². The van der Waals surface area contributed by atoms with E-state index in [-0.39, 0.29) is 29.1 Å². The summed E-state index contributed by atoms with van der Waals surface area (Å²) >= 11 is 12.6. The summed E-state index contributed by atoms with van der Waals surface area (Å²) in [7, 11) is -4.30. The lowest BCUT2D eigenvalue weighted by Gasteiger charge is -2.34. The van der Waals surface area contributed by atoms with E-state index < -0.39 is 34.3 Å².